The molecule has 0 radical (unpaired) electrons. The molecule has 1 atom stereocenters. The number of hydrogen-bond acceptors (Lipinski definition) is 9. The zero-order valence-electron chi connectivity index (χ0n) is 31.4. The first-order valence-corrected chi connectivity index (χ1v) is 19.2. The molecule has 0 unspecified atom stereocenters. The smallest absolute Gasteiger partial charge is 0.407 e. The molecule has 1 aromatic heterocycles. The Kier molecular flexibility index (Phi) is 11.3. The summed E-state index contributed by atoms with van der Waals surface area (Å²) < 4.78 is 82.9. The van der Waals surface area contributed by atoms with Crippen molar-refractivity contribution in [2.45, 2.75) is 115 Å². The molecule has 294 valence electrons. The van der Waals surface area contributed by atoms with E-state index < -0.39 is 45.3 Å². The molecule has 54 heavy (non-hydrogen) atoms. The highest BCUT2D eigenvalue weighted by molar-refractivity contribution is 7.92. The van der Waals surface area contributed by atoms with Crippen LogP contribution in [0.3, 0.4) is 0 Å². The van der Waals surface area contributed by atoms with E-state index in [1.807, 2.05) is 32.0 Å². The second-order valence-corrected chi connectivity index (χ2v) is 17.9. The van der Waals surface area contributed by atoms with Crippen LogP contribution in [0.1, 0.15) is 88.2 Å². The molecule has 1 amide bonds. The average Bonchev–Trinajstić information content (AvgIpc) is 2.99. The van der Waals surface area contributed by atoms with Crippen LogP contribution in [0.2, 0.25) is 0 Å². The molecule has 0 aliphatic heterocycles. The van der Waals surface area contributed by atoms with E-state index in [4.69, 9.17) is 9.47 Å². The van der Waals surface area contributed by atoms with Crippen LogP contribution in [0.5, 0.6) is 5.88 Å². The summed E-state index contributed by atoms with van der Waals surface area (Å²) in [4.78, 5) is 32.1. The Bertz CT molecular complexity index is 1970. The van der Waals surface area contributed by atoms with Gasteiger partial charge in [-0.2, -0.15) is 18.2 Å². The van der Waals surface area contributed by atoms with Crippen molar-refractivity contribution in [2.24, 2.45) is 10.8 Å². The normalized spacial score (nSPS) is 20.7. The Labute approximate surface area is 313 Å². The molecule has 1 heterocycles. The number of carboxylic acids is 1. The molecule has 5 rings (SSSR count). The van der Waals surface area contributed by atoms with E-state index >= 15 is 0 Å². The monoisotopic (exact) mass is 775 g/mol. The highest BCUT2D eigenvalue weighted by atomic mass is 32.2. The fraction of sp³-hybridized carbons (Fsp3) is 0.526. The predicted octanol–water partition coefficient (Wildman–Crippen LogP) is 7.41. The highest BCUT2D eigenvalue weighted by Crippen LogP contribution is 2.56. The van der Waals surface area contributed by atoms with Gasteiger partial charge in [0.05, 0.1) is 21.6 Å². The SMILES string of the molecule is Cc1cccc(C)c1-c1cc(OC[C@@H](CC(C)(C)C(F)(F)F)NC2CC3(CC(NC(=O)OC(C)(C)C)C3)C2)nc(NS(=O)(=O)c2cccc(C(=O)O)c2)n1. The maximum atomic E-state index is 14.1. The summed E-state index contributed by atoms with van der Waals surface area (Å²) in [7, 11) is -4.38. The van der Waals surface area contributed by atoms with Crippen LogP contribution in [0.4, 0.5) is 23.9 Å². The molecule has 0 bridgehead atoms. The molecule has 2 fully saturated rings. The summed E-state index contributed by atoms with van der Waals surface area (Å²) >= 11 is 0. The van der Waals surface area contributed by atoms with E-state index in [0.29, 0.717) is 11.3 Å². The lowest BCUT2D eigenvalue weighted by Crippen LogP contribution is -2.62. The fourth-order valence-corrected chi connectivity index (χ4v) is 8.27. The molecule has 2 aromatic carbocycles. The van der Waals surface area contributed by atoms with Gasteiger partial charge in [-0.3, -0.25) is 0 Å². The molecule has 0 saturated heterocycles. The summed E-state index contributed by atoms with van der Waals surface area (Å²) in [6, 6.07) is 11.0. The van der Waals surface area contributed by atoms with Gasteiger partial charge in [-0.05, 0) is 101 Å². The van der Waals surface area contributed by atoms with Crippen molar-refractivity contribution >= 4 is 28.0 Å². The van der Waals surface area contributed by atoms with E-state index in [1.165, 1.54) is 24.3 Å². The van der Waals surface area contributed by atoms with Crippen LogP contribution in [-0.2, 0) is 14.8 Å². The van der Waals surface area contributed by atoms with Gasteiger partial charge in [0, 0.05) is 29.8 Å². The minimum Gasteiger partial charge on any atom is -0.478 e. The standard InChI is InChI=1S/C38H48F3N5O7S/c1-22-10-8-11-23(2)31(22)29-15-30(45-33(44-29)46-54(50,51)28-13-9-12-24(14-28)32(47)48)52-21-27(16-36(6,7)38(39,40)41)42-25-17-37(18-25)19-26(20-37)43-34(49)53-35(3,4)5/h8-15,25-27,42H,16-21H2,1-7H3,(H,43,49)(H,47,48)(H,44,45,46)/t25?,26?,27-,37?/m1/s1. The maximum absolute atomic E-state index is 14.1. The highest BCUT2D eigenvalue weighted by Gasteiger charge is 2.54. The molecule has 2 saturated carbocycles. The van der Waals surface area contributed by atoms with E-state index in [1.54, 1.807) is 20.8 Å². The Hall–Kier alpha value is -4.44. The van der Waals surface area contributed by atoms with Crippen molar-refractivity contribution in [3.8, 4) is 17.1 Å². The minimum absolute atomic E-state index is 0.00863. The van der Waals surface area contributed by atoms with Crippen molar-refractivity contribution in [1.82, 2.24) is 20.6 Å². The van der Waals surface area contributed by atoms with Crippen molar-refractivity contribution in [1.29, 1.82) is 0 Å². The average molecular weight is 776 g/mol. The molecule has 4 N–H and O–H groups in total. The largest absolute Gasteiger partial charge is 0.478 e. The van der Waals surface area contributed by atoms with Gasteiger partial charge in [0.15, 0.2) is 0 Å². The lowest BCUT2D eigenvalue weighted by Gasteiger charge is -2.58. The molecule has 12 nitrogen and oxygen atoms in total. The number of anilines is 1. The number of alkyl carbamates (subject to hydrolysis) is 1. The molecule has 2 aliphatic rings. The first-order valence-electron chi connectivity index (χ1n) is 17.7. The topological polar surface area (TPSA) is 169 Å². The van der Waals surface area contributed by atoms with Gasteiger partial charge in [-0.1, -0.05) is 38.1 Å². The number of amides is 1. The number of aromatic carboxylic acids is 1. The summed E-state index contributed by atoms with van der Waals surface area (Å²) in [6.45, 7) is 11.1. The fourth-order valence-electron chi connectivity index (χ4n) is 7.28. The molecule has 16 heteroatoms. The number of nitrogens with one attached hydrogen (secondary N) is 3. The predicted molar refractivity (Wildman–Crippen MR) is 196 cm³/mol. The van der Waals surface area contributed by atoms with E-state index in [0.717, 1.165) is 56.7 Å². The molecular weight excluding hydrogens is 728 g/mol. The van der Waals surface area contributed by atoms with Crippen LogP contribution in [-0.4, -0.2) is 72.1 Å². The number of ether oxygens (including phenoxy) is 2. The zero-order valence-corrected chi connectivity index (χ0v) is 32.2. The van der Waals surface area contributed by atoms with Gasteiger partial charge in [-0.25, -0.2) is 27.7 Å². The Morgan fingerprint density at radius 3 is 2.15 bits per heavy atom. The van der Waals surface area contributed by atoms with E-state index in [-0.39, 0.29) is 52.8 Å². The Morgan fingerprint density at radius 1 is 0.944 bits per heavy atom. The number of benzene rings is 2. The summed E-state index contributed by atoms with van der Waals surface area (Å²) in [5, 5.41) is 15.6. The van der Waals surface area contributed by atoms with Crippen LogP contribution in [0, 0.1) is 24.7 Å². The van der Waals surface area contributed by atoms with Crippen LogP contribution in [0.15, 0.2) is 53.4 Å². The number of alkyl halides is 3. The number of rotatable bonds is 13. The van der Waals surface area contributed by atoms with E-state index in [9.17, 15) is 36.3 Å². The number of hydrogen-bond donors (Lipinski definition) is 4. The van der Waals surface area contributed by atoms with Gasteiger partial charge in [0.25, 0.3) is 10.0 Å². The number of aryl methyl sites for hydroxylation is 2. The number of aromatic nitrogens is 2. The Morgan fingerprint density at radius 2 is 1.56 bits per heavy atom. The van der Waals surface area contributed by atoms with Crippen molar-refractivity contribution in [2.75, 3.05) is 11.3 Å². The third kappa shape index (κ3) is 9.80. The van der Waals surface area contributed by atoms with Gasteiger partial charge in [-0.15, -0.1) is 0 Å². The van der Waals surface area contributed by atoms with Crippen LogP contribution >= 0.6 is 0 Å². The van der Waals surface area contributed by atoms with Crippen LogP contribution < -0.4 is 20.1 Å². The van der Waals surface area contributed by atoms with Gasteiger partial charge in [0.1, 0.15) is 12.2 Å². The lowest BCUT2D eigenvalue weighted by atomic mass is 9.52. The lowest BCUT2D eigenvalue weighted by molar-refractivity contribution is -0.216. The van der Waals surface area contributed by atoms with Gasteiger partial charge in [0.2, 0.25) is 11.8 Å². The van der Waals surface area contributed by atoms with Crippen molar-refractivity contribution < 1.29 is 45.8 Å². The van der Waals surface area contributed by atoms with Crippen molar-refractivity contribution in [3.05, 3.63) is 65.2 Å². The molecular formula is C38H48F3N5O7S. The number of carbonyl (C=O) groups excluding carboxylic acids is 1. The number of sulfonamides is 1. The second-order valence-electron chi connectivity index (χ2n) is 16.2. The third-order valence-corrected chi connectivity index (χ3v) is 11.2. The number of carboxylic acid groups (broad SMARTS) is 1. The number of halogens is 3. The minimum atomic E-state index is -4.49. The summed E-state index contributed by atoms with van der Waals surface area (Å²) in [6.07, 6.45) is -2.32. The quantitative estimate of drug-likeness (QED) is 0.137. The van der Waals surface area contributed by atoms with Gasteiger partial charge < -0.3 is 25.2 Å². The number of nitrogens with zero attached hydrogens (tertiary/aromatic N) is 2. The maximum Gasteiger partial charge on any atom is 0.407 e. The Balaban J connectivity index is 1.35. The van der Waals surface area contributed by atoms with Crippen molar-refractivity contribution in [3.63, 3.8) is 0 Å². The summed E-state index contributed by atoms with van der Waals surface area (Å²) in [5.74, 6) is -1.75. The summed E-state index contributed by atoms with van der Waals surface area (Å²) in [5.41, 5.74) is -0.268. The van der Waals surface area contributed by atoms with Crippen LogP contribution in [0.25, 0.3) is 11.3 Å². The van der Waals surface area contributed by atoms with E-state index in [2.05, 4.69) is 25.3 Å². The number of carbonyl (C=O) groups is 2. The van der Waals surface area contributed by atoms with Gasteiger partial charge >= 0.3 is 18.2 Å². The molecule has 2 aliphatic carbocycles. The molecule has 3 aromatic rings. The first-order chi connectivity index (χ1) is 24.9. The zero-order chi connectivity index (χ0) is 39.9. The first kappa shape index (κ1) is 40.7. The second kappa shape index (κ2) is 15.0. The third-order valence-electron chi connectivity index (χ3n) is 9.92. The molecule has 1 spiro atoms.